The first kappa shape index (κ1) is 15.5. The Hall–Kier alpha value is -1.89. The van der Waals surface area contributed by atoms with E-state index in [1.54, 1.807) is 12.1 Å². The highest BCUT2D eigenvalue weighted by Gasteiger charge is 2.48. The third kappa shape index (κ3) is 4.04. The first-order valence-corrected chi connectivity index (χ1v) is 8.47. The Kier molecular flexibility index (Phi) is 4.32. The molecular formula is C14H17NO5S. The lowest BCUT2D eigenvalue weighted by Crippen LogP contribution is -2.28. The predicted molar refractivity (Wildman–Crippen MR) is 75.5 cm³/mol. The van der Waals surface area contributed by atoms with Gasteiger partial charge < -0.3 is 10.4 Å². The summed E-state index contributed by atoms with van der Waals surface area (Å²) in [4.78, 5) is 22.6. The van der Waals surface area contributed by atoms with Gasteiger partial charge in [0.1, 0.15) is 0 Å². The second-order valence-corrected chi connectivity index (χ2v) is 7.26. The number of carboxylic acids is 1. The van der Waals surface area contributed by atoms with Gasteiger partial charge in [-0.3, -0.25) is 9.59 Å². The van der Waals surface area contributed by atoms with Gasteiger partial charge in [-0.15, -0.1) is 0 Å². The van der Waals surface area contributed by atoms with Crippen LogP contribution in [0.3, 0.4) is 0 Å². The first-order chi connectivity index (χ1) is 9.79. The second kappa shape index (κ2) is 5.85. The van der Waals surface area contributed by atoms with Crippen molar-refractivity contribution >= 4 is 21.7 Å². The maximum Gasteiger partial charge on any atom is 0.307 e. The van der Waals surface area contributed by atoms with Crippen LogP contribution in [0.25, 0.3) is 0 Å². The summed E-state index contributed by atoms with van der Waals surface area (Å²) in [5, 5.41) is 11.4. The highest BCUT2D eigenvalue weighted by Crippen LogP contribution is 2.38. The highest BCUT2D eigenvalue weighted by molar-refractivity contribution is 7.90. The SMILES string of the molecule is CS(=O)(=O)c1ccc(CCNC(=O)[C@H]2C[C@H]2C(=O)O)cc1. The molecule has 2 atom stereocenters. The van der Waals surface area contributed by atoms with Crippen molar-refractivity contribution in [2.75, 3.05) is 12.8 Å². The quantitative estimate of drug-likeness (QED) is 0.795. The van der Waals surface area contributed by atoms with E-state index in [9.17, 15) is 18.0 Å². The Morgan fingerprint density at radius 1 is 1.24 bits per heavy atom. The van der Waals surface area contributed by atoms with E-state index in [0.29, 0.717) is 19.4 Å². The lowest BCUT2D eigenvalue weighted by atomic mass is 10.1. The molecule has 1 amide bonds. The van der Waals surface area contributed by atoms with Gasteiger partial charge in [0.15, 0.2) is 9.84 Å². The van der Waals surface area contributed by atoms with Crippen LogP contribution in [0.5, 0.6) is 0 Å². The largest absolute Gasteiger partial charge is 0.481 e. The molecule has 21 heavy (non-hydrogen) atoms. The third-order valence-corrected chi connectivity index (χ3v) is 4.64. The van der Waals surface area contributed by atoms with Gasteiger partial charge in [-0.25, -0.2) is 8.42 Å². The lowest BCUT2D eigenvalue weighted by molar-refractivity contribution is -0.140. The number of benzene rings is 1. The lowest BCUT2D eigenvalue weighted by Gasteiger charge is -2.05. The van der Waals surface area contributed by atoms with Gasteiger partial charge in [0, 0.05) is 12.8 Å². The summed E-state index contributed by atoms with van der Waals surface area (Å²) in [6.07, 6.45) is 2.13. The molecule has 6 nitrogen and oxygen atoms in total. The minimum atomic E-state index is -3.20. The summed E-state index contributed by atoms with van der Waals surface area (Å²) < 4.78 is 22.6. The molecule has 1 aromatic rings. The Morgan fingerprint density at radius 3 is 2.33 bits per heavy atom. The van der Waals surface area contributed by atoms with E-state index in [4.69, 9.17) is 5.11 Å². The Bertz CT molecular complexity index is 650. The van der Waals surface area contributed by atoms with Crippen LogP contribution in [0.1, 0.15) is 12.0 Å². The van der Waals surface area contributed by atoms with Gasteiger partial charge in [-0.1, -0.05) is 12.1 Å². The molecule has 0 spiro atoms. The van der Waals surface area contributed by atoms with Crippen LogP contribution in [0.2, 0.25) is 0 Å². The number of carboxylic acid groups (broad SMARTS) is 1. The molecule has 2 N–H and O–H groups in total. The number of hydrogen-bond donors (Lipinski definition) is 2. The molecule has 1 fully saturated rings. The molecule has 2 rings (SSSR count). The number of nitrogens with one attached hydrogen (secondary N) is 1. The minimum Gasteiger partial charge on any atom is -0.481 e. The van der Waals surface area contributed by atoms with Crippen LogP contribution in [0.15, 0.2) is 29.2 Å². The molecule has 0 aromatic heterocycles. The summed E-state index contributed by atoms with van der Waals surface area (Å²) >= 11 is 0. The van der Waals surface area contributed by atoms with Gasteiger partial charge in [0.25, 0.3) is 0 Å². The van der Waals surface area contributed by atoms with Crippen LogP contribution >= 0.6 is 0 Å². The van der Waals surface area contributed by atoms with E-state index in [0.717, 1.165) is 11.8 Å². The van der Waals surface area contributed by atoms with Crippen molar-refractivity contribution in [2.24, 2.45) is 11.8 Å². The molecule has 0 unspecified atom stereocenters. The van der Waals surface area contributed by atoms with Crippen LogP contribution in [-0.4, -0.2) is 38.2 Å². The van der Waals surface area contributed by atoms with Crippen molar-refractivity contribution in [3.63, 3.8) is 0 Å². The van der Waals surface area contributed by atoms with Crippen molar-refractivity contribution in [3.05, 3.63) is 29.8 Å². The molecule has 0 saturated heterocycles. The van der Waals surface area contributed by atoms with Crippen LogP contribution in [-0.2, 0) is 25.8 Å². The predicted octanol–water partition coefficient (Wildman–Crippen LogP) is 0.469. The van der Waals surface area contributed by atoms with Crippen molar-refractivity contribution in [1.82, 2.24) is 5.32 Å². The normalized spacial score (nSPS) is 20.8. The standard InChI is InChI=1S/C14H17NO5S/c1-21(19,20)10-4-2-9(3-5-10)6-7-15-13(16)11-8-12(11)14(17)18/h2-5,11-12H,6-8H2,1H3,(H,15,16)(H,17,18)/t11-,12+/m0/s1. The number of rotatable bonds is 6. The second-order valence-electron chi connectivity index (χ2n) is 5.24. The third-order valence-electron chi connectivity index (χ3n) is 3.51. The summed E-state index contributed by atoms with van der Waals surface area (Å²) in [6, 6.07) is 6.49. The number of hydrogen-bond acceptors (Lipinski definition) is 4. The Morgan fingerprint density at radius 2 is 1.86 bits per heavy atom. The zero-order chi connectivity index (χ0) is 15.6. The molecule has 0 heterocycles. The average molecular weight is 311 g/mol. The van der Waals surface area contributed by atoms with Gasteiger partial charge in [0.05, 0.1) is 16.7 Å². The summed E-state index contributed by atoms with van der Waals surface area (Å²) in [6.45, 7) is 0.403. The van der Waals surface area contributed by atoms with E-state index < -0.39 is 27.6 Å². The number of sulfone groups is 1. The maximum absolute atomic E-state index is 11.6. The minimum absolute atomic E-state index is 0.227. The molecule has 0 aliphatic heterocycles. The maximum atomic E-state index is 11.6. The fourth-order valence-corrected chi connectivity index (χ4v) is 2.75. The molecule has 1 saturated carbocycles. The molecule has 0 radical (unpaired) electrons. The molecule has 7 heteroatoms. The molecule has 1 aliphatic carbocycles. The van der Waals surface area contributed by atoms with Crippen molar-refractivity contribution in [2.45, 2.75) is 17.7 Å². The van der Waals surface area contributed by atoms with Crippen LogP contribution in [0.4, 0.5) is 0 Å². The number of carbonyl (C=O) groups is 2. The summed E-state index contributed by atoms with van der Waals surface area (Å²) in [5.74, 6) is -2.10. The Balaban J connectivity index is 1.79. The molecule has 1 aliphatic rings. The van der Waals surface area contributed by atoms with E-state index in [1.165, 1.54) is 12.1 Å². The summed E-state index contributed by atoms with van der Waals surface area (Å²) in [7, 11) is -3.20. The van der Waals surface area contributed by atoms with Crippen LogP contribution < -0.4 is 5.32 Å². The Labute approximate surface area is 123 Å². The van der Waals surface area contributed by atoms with Gasteiger partial charge >= 0.3 is 5.97 Å². The van der Waals surface area contributed by atoms with Gasteiger partial charge in [-0.05, 0) is 30.5 Å². The number of aliphatic carboxylic acids is 1. The fraction of sp³-hybridized carbons (Fsp3) is 0.429. The topological polar surface area (TPSA) is 101 Å². The van der Waals surface area contributed by atoms with Crippen molar-refractivity contribution in [3.8, 4) is 0 Å². The molecule has 0 bridgehead atoms. The smallest absolute Gasteiger partial charge is 0.307 e. The van der Waals surface area contributed by atoms with Crippen molar-refractivity contribution < 1.29 is 23.1 Å². The monoisotopic (exact) mass is 311 g/mol. The van der Waals surface area contributed by atoms with E-state index in [1.807, 2.05) is 0 Å². The first-order valence-electron chi connectivity index (χ1n) is 6.58. The summed E-state index contributed by atoms with van der Waals surface area (Å²) in [5.41, 5.74) is 0.910. The average Bonchev–Trinajstić information content (AvgIpc) is 3.18. The van der Waals surface area contributed by atoms with E-state index in [2.05, 4.69) is 5.32 Å². The van der Waals surface area contributed by atoms with E-state index in [-0.39, 0.29) is 10.8 Å². The van der Waals surface area contributed by atoms with Crippen molar-refractivity contribution in [1.29, 1.82) is 0 Å². The van der Waals surface area contributed by atoms with E-state index >= 15 is 0 Å². The van der Waals surface area contributed by atoms with Crippen LogP contribution in [0, 0.1) is 11.8 Å². The number of carbonyl (C=O) groups excluding carboxylic acids is 1. The molecular weight excluding hydrogens is 294 g/mol. The van der Waals surface area contributed by atoms with Gasteiger partial charge in [-0.2, -0.15) is 0 Å². The zero-order valence-corrected chi connectivity index (χ0v) is 12.4. The number of amides is 1. The highest BCUT2D eigenvalue weighted by atomic mass is 32.2. The molecule has 1 aromatic carbocycles. The zero-order valence-electron chi connectivity index (χ0n) is 11.6. The fourth-order valence-electron chi connectivity index (χ4n) is 2.12. The molecule has 114 valence electrons. The van der Waals surface area contributed by atoms with Gasteiger partial charge in [0.2, 0.25) is 5.91 Å².